The second-order valence-corrected chi connectivity index (χ2v) is 6.12. The maximum absolute atomic E-state index is 6.13. The highest BCUT2D eigenvalue weighted by molar-refractivity contribution is 6.30. The minimum Gasteiger partial charge on any atom is -0.369 e. The number of piperazine rings is 1. The number of anilines is 1. The number of tetrazole rings is 1. The SMILES string of the molecule is Cc1ccc(Cl)cc1N1CCN(CCCn2cnnn2)CC1. The van der Waals surface area contributed by atoms with Crippen molar-refractivity contribution in [1.29, 1.82) is 0 Å². The van der Waals surface area contributed by atoms with E-state index in [1.54, 1.807) is 11.0 Å². The van der Waals surface area contributed by atoms with Gasteiger partial charge in [-0.3, -0.25) is 4.90 Å². The van der Waals surface area contributed by atoms with Gasteiger partial charge in [0.05, 0.1) is 0 Å². The molecule has 1 aromatic heterocycles. The number of halogens is 1. The molecule has 7 heteroatoms. The summed E-state index contributed by atoms with van der Waals surface area (Å²) in [7, 11) is 0. The molecule has 0 bridgehead atoms. The normalized spacial score (nSPS) is 16.2. The molecular weight excluding hydrogens is 300 g/mol. The van der Waals surface area contributed by atoms with Crippen LogP contribution in [0.1, 0.15) is 12.0 Å². The first-order valence-electron chi connectivity index (χ1n) is 7.66. The average Bonchev–Trinajstić information content (AvgIpc) is 3.04. The van der Waals surface area contributed by atoms with Gasteiger partial charge in [-0.15, -0.1) is 5.10 Å². The molecule has 2 heterocycles. The summed E-state index contributed by atoms with van der Waals surface area (Å²) in [6.45, 7) is 8.37. The van der Waals surface area contributed by atoms with E-state index in [4.69, 9.17) is 11.6 Å². The fourth-order valence-corrected chi connectivity index (χ4v) is 3.04. The van der Waals surface area contributed by atoms with Crippen LogP contribution in [0.2, 0.25) is 5.02 Å². The Kier molecular flexibility index (Phi) is 4.90. The summed E-state index contributed by atoms with van der Waals surface area (Å²) in [5, 5.41) is 12.0. The molecular formula is C15H21ClN6. The summed E-state index contributed by atoms with van der Waals surface area (Å²) in [6.07, 6.45) is 2.74. The van der Waals surface area contributed by atoms with E-state index in [1.165, 1.54) is 11.3 Å². The first-order valence-corrected chi connectivity index (χ1v) is 8.04. The van der Waals surface area contributed by atoms with E-state index >= 15 is 0 Å². The lowest BCUT2D eigenvalue weighted by atomic mass is 10.1. The van der Waals surface area contributed by atoms with Crippen LogP contribution in [0.15, 0.2) is 24.5 Å². The molecule has 0 radical (unpaired) electrons. The smallest absolute Gasteiger partial charge is 0.138 e. The second-order valence-electron chi connectivity index (χ2n) is 5.69. The zero-order valence-electron chi connectivity index (χ0n) is 12.8. The van der Waals surface area contributed by atoms with E-state index in [0.29, 0.717) is 0 Å². The maximum Gasteiger partial charge on any atom is 0.138 e. The molecule has 0 spiro atoms. The van der Waals surface area contributed by atoms with Crippen LogP contribution in [0.25, 0.3) is 0 Å². The lowest BCUT2D eigenvalue weighted by Gasteiger charge is -2.36. The highest BCUT2D eigenvalue weighted by Crippen LogP contribution is 2.25. The fourth-order valence-electron chi connectivity index (χ4n) is 2.87. The molecule has 0 aliphatic carbocycles. The number of benzene rings is 1. The Bertz CT molecular complexity index is 592. The molecule has 22 heavy (non-hydrogen) atoms. The second kappa shape index (κ2) is 7.07. The van der Waals surface area contributed by atoms with Gasteiger partial charge in [0.1, 0.15) is 6.33 Å². The molecule has 118 valence electrons. The summed E-state index contributed by atoms with van der Waals surface area (Å²) < 4.78 is 1.78. The quantitative estimate of drug-likeness (QED) is 0.841. The van der Waals surface area contributed by atoms with Crippen molar-refractivity contribution in [3.05, 3.63) is 35.1 Å². The number of hydrogen-bond acceptors (Lipinski definition) is 5. The van der Waals surface area contributed by atoms with Gasteiger partial charge in [-0.05, 0) is 41.5 Å². The number of aryl methyl sites for hydroxylation is 2. The monoisotopic (exact) mass is 320 g/mol. The molecule has 3 rings (SSSR count). The van der Waals surface area contributed by atoms with E-state index in [0.717, 1.165) is 50.7 Å². The summed E-state index contributed by atoms with van der Waals surface area (Å²) in [5.41, 5.74) is 2.55. The van der Waals surface area contributed by atoms with E-state index in [2.05, 4.69) is 44.4 Å². The maximum atomic E-state index is 6.13. The summed E-state index contributed by atoms with van der Waals surface area (Å²) in [4.78, 5) is 4.93. The molecule has 0 saturated carbocycles. The van der Waals surface area contributed by atoms with Crippen molar-refractivity contribution in [2.45, 2.75) is 19.9 Å². The fraction of sp³-hybridized carbons (Fsp3) is 0.533. The van der Waals surface area contributed by atoms with E-state index in [9.17, 15) is 0 Å². The Morgan fingerprint density at radius 2 is 1.95 bits per heavy atom. The Balaban J connectivity index is 1.47. The summed E-state index contributed by atoms with van der Waals surface area (Å²) in [5.74, 6) is 0. The van der Waals surface area contributed by atoms with Gasteiger partial charge in [-0.1, -0.05) is 17.7 Å². The Morgan fingerprint density at radius 3 is 2.68 bits per heavy atom. The van der Waals surface area contributed by atoms with Crippen LogP contribution in [-0.2, 0) is 6.54 Å². The van der Waals surface area contributed by atoms with Gasteiger partial charge in [0.2, 0.25) is 0 Å². The van der Waals surface area contributed by atoms with Crippen LogP contribution in [-0.4, -0.2) is 57.8 Å². The third-order valence-corrected chi connectivity index (χ3v) is 4.37. The molecule has 2 aromatic rings. The zero-order chi connectivity index (χ0) is 15.4. The largest absolute Gasteiger partial charge is 0.369 e. The highest BCUT2D eigenvalue weighted by Gasteiger charge is 2.18. The summed E-state index contributed by atoms with van der Waals surface area (Å²) in [6, 6.07) is 6.12. The minimum atomic E-state index is 0.810. The van der Waals surface area contributed by atoms with Crippen molar-refractivity contribution >= 4 is 17.3 Å². The zero-order valence-corrected chi connectivity index (χ0v) is 13.6. The number of aromatic nitrogens is 4. The van der Waals surface area contributed by atoms with Crippen molar-refractivity contribution in [1.82, 2.24) is 25.1 Å². The molecule has 0 atom stereocenters. The average molecular weight is 321 g/mol. The van der Waals surface area contributed by atoms with E-state index in [-0.39, 0.29) is 0 Å². The van der Waals surface area contributed by atoms with E-state index < -0.39 is 0 Å². The third kappa shape index (κ3) is 3.75. The third-order valence-electron chi connectivity index (χ3n) is 4.14. The molecule has 1 aliphatic heterocycles. The van der Waals surface area contributed by atoms with Crippen LogP contribution in [0.4, 0.5) is 5.69 Å². The molecule has 0 unspecified atom stereocenters. The molecule has 1 saturated heterocycles. The molecule has 1 aliphatic rings. The van der Waals surface area contributed by atoms with Crippen molar-refractivity contribution < 1.29 is 0 Å². The standard InChI is InChI=1S/C15H21ClN6/c1-13-3-4-14(16)11-15(13)21-9-7-20(8-10-21)5-2-6-22-12-17-18-19-22/h3-4,11-12H,2,5-10H2,1H3. The Morgan fingerprint density at radius 1 is 1.14 bits per heavy atom. The Hall–Kier alpha value is -1.66. The van der Waals surface area contributed by atoms with Crippen LogP contribution in [0.3, 0.4) is 0 Å². The lowest BCUT2D eigenvalue weighted by Crippen LogP contribution is -2.47. The number of rotatable bonds is 5. The van der Waals surface area contributed by atoms with Gasteiger partial charge in [0.15, 0.2) is 0 Å². The number of nitrogens with zero attached hydrogens (tertiary/aromatic N) is 6. The van der Waals surface area contributed by atoms with Crippen LogP contribution in [0, 0.1) is 6.92 Å². The van der Waals surface area contributed by atoms with Gasteiger partial charge < -0.3 is 4.90 Å². The van der Waals surface area contributed by atoms with Gasteiger partial charge in [-0.2, -0.15) is 0 Å². The van der Waals surface area contributed by atoms with Crippen molar-refractivity contribution in [2.75, 3.05) is 37.6 Å². The van der Waals surface area contributed by atoms with Crippen molar-refractivity contribution in [3.63, 3.8) is 0 Å². The topological polar surface area (TPSA) is 50.1 Å². The van der Waals surface area contributed by atoms with Crippen molar-refractivity contribution in [3.8, 4) is 0 Å². The van der Waals surface area contributed by atoms with Gasteiger partial charge in [0, 0.05) is 50.0 Å². The summed E-state index contributed by atoms with van der Waals surface area (Å²) >= 11 is 6.13. The molecule has 0 amide bonds. The van der Waals surface area contributed by atoms with Crippen LogP contribution >= 0.6 is 11.6 Å². The predicted octanol–water partition coefficient (Wildman–Crippen LogP) is 1.85. The molecule has 1 fully saturated rings. The van der Waals surface area contributed by atoms with Gasteiger partial charge >= 0.3 is 0 Å². The first-order chi connectivity index (χ1) is 10.7. The first kappa shape index (κ1) is 15.2. The lowest BCUT2D eigenvalue weighted by molar-refractivity contribution is 0.248. The Labute approximate surface area is 135 Å². The van der Waals surface area contributed by atoms with Gasteiger partial charge in [-0.25, -0.2) is 4.68 Å². The van der Waals surface area contributed by atoms with Crippen LogP contribution in [0.5, 0.6) is 0 Å². The number of hydrogen-bond donors (Lipinski definition) is 0. The van der Waals surface area contributed by atoms with Gasteiger partial charge in [0.25, 0.3) is 0 Å². The molecule has 6 nitrogen and oxygen atoms in total. The van der Waals surface area contributed by atoms with Crippen molar-refractivity contribution in [2.24, 2.45) is 0 Å². The highest BCUT2D eigenvalue weighted by atomic mass is 35.5. The van der Waals surface area contributed by atoms with E-state index in [1.807, 2.05) is 6.07 Å². The molecule has 0 N–H and O–H groups in total. The minimum absolute atomic E-state index is 0.810. The predicted molar refractivity (Wildman–Crippen MR) is 87.3 cm³/mol. The molecule has 1 aromatic carbocycles. The van der Waals surface area contributed by atoms with Crippen LogP contribution < -0.4 is 4.90 Å².